The highest BCUT2D eigenvalue weighted by atomic mass is 16.5. The zero-order valence-corrected chi connectivity index (χ0v) is 12.6. The molecule has 0 spiro atoms. The Balaban J connectivity index is 1.39. The number of hydrogen-bond acceptors (Lipinski definition) is 4. The molecule has 1 aliphatic carbocycles. The first-order chi connectivity index (χ1) is 10.8. The number of carbonyl (C=O) groups is 1. The van der Waals surface area contributed by atoms with Gasteiger partial charge in [-0.15, -0.1) is 0 Å². The highest BCUT2D eigenvalue weighted by Gasteiger charge is 2.35. The molecule has 0 bridgehead atoms. The Morgan fingerprint density at radius 1 is 1.23 bits per heavy atom. The van der Waals surface area contributed by atoms with Gasteiger partial charge in [0.1, 0.15) is 0 Å². The molecule has 2 N–H and O–H groups in total. The molecule has 3 atom stereocenters. The van der Waals surface area contributed by atoms with E-state index in [2.05, 4.69) is 10.6 Å². The van der Waals surface area contributed by atoms with E-state index in [1.165, 1.54) is 11.1 Å². The molecule has 2 fully saturated rings. The van der Waals surface area contributed by atoms with Gasteiger partial charge in [-0.3, -0.25) is 4.79 Å². The number of ether oxygens (including phenoxy) is 2. The smallest absolute Gasteiger partial charge is 0.227 e. The fraction of sp³-hybridized carbons (Fsp3) is 0.588. The van der Waals surface area contributed by atoms with Gasteiger partial charge in [-0.1, -0.05) is 6.07 Å². The number of amides is 1. The summed E-state index contributed by atoms with van der Waals surface area (Å²) in [4.78, 5) is 12.5. The van der Waals surface area contributed by atoms with Crippen LogP contribution in [-0.2, 0) is 27.5 Å². The fourth-order valence-corrected chi connectivity index (χ4v) is 3.74. The second-order valence-corrected chi connectivity index (χ2v) is 6.45. The third-order valence-electron chi connectivity index (χ3n) is 4.99. The van der Waals surface area contributed by atoms with Crippen molar-refractivity contribution in [2.75, 3.05) is 18.5 Å². The average Bonchev–Trinajstić information content (AvgIpc) is 3.02. The summed E-state index contributed by atoms with van der Waals surface area (Å²) in [6.07, 6.45) is 3.02. The van der Waals surface area contributed by atoms with Crippen molar-refractivity contribution < 1.29 is 14.3 Å². The summed E-state index contributed by atoms with van der Waals surface area (Å²) in [5, 5.41) is 6.56. The molecule has 118 valence electrons. The predicted octanol–water partition coefficient (Wildman–Crippen LogP) is 1.81. The van der Waals surface area contributed by atoms with Crippen LogP contribution in [0.2, 0.25) is 0 Å². The van der Waals surface area contributed by atoms with Crippen molar-refractivity contribution in [2.45, 2.75) is 44.6 Å². The Labute approximate surface area is 130 Å². The Hall–Kier alpha value is -1.43. The van der Waals surface area contributed by atoms with Crippen molar-refractivity contribution in [2.24, 2.45) is 5.92 Å². The van der Waals surface area contributed by atoms with Gasteiger partial charge in [0.2, 0.25) is 5.91 Å². The Morgan fingerprint density at radius 3 is 3.09 bits per heavy atom. The Morgan fingerprint density at radius 2 is 2.14 bits per heavy atom. The summed E-state index contributed by atoms with van der Waals surface area (Å²) in [5.74, 6) is 0.199. The van der Waals surface area contributed by atoms with Gasteiger partial charge in [0.15, 0.2) is 0 Å². The minimum absolute atomic E-state index is 0.0694. The highest BCUT2D eigenvalue weighted by Crippen LogP contribution is 2.30. The Kier molecular flexibility index (Phi) is 3.86. The third-order valence-corrected chi connectivity index (χ3v) is 4.99. The van der Waals surface area contributed by atoms with Crippen molar-refractivity contribution in [3.05, 3.63) is 29.3 Å². The number of carbonyl (C=O) groups excluding carboxylic acids is 1. The number of nitrogens with one attached hydrogen (secondary N) is 2. The van der Waals surface area contributed by atoms with Crippen molar-refractivity contribution in [3.63, 3.8) is 0 Å². The van der Waals surface area contributed by atoms with Crippen molar-refractivity contribution in [3.8, 4) is 0 Å². The molecule has 4 rings (SSSR count). The molecule has 0 radical (unpaired) electrons. The number of benzene rings is 1. The third kappa shape index (κ3) is 2.76. The summed E-state index contributed by atoms with van der Waals surface area (Å²) in [6, 6.07) is 6.38. The van der Waals surface area contributed by atoms with Crippen molar-refractivity contribution in [1.82, 2.24) is 5.32 Å². The number of hydrogen-bond donors (Lipinski definition) is 2. The quantitative estimate of drug-likeness (QED) is 0.875. The lowest BCUT2D eigenvalue weighted by atomic mass is 9.82. The zero-order valence-electron chi connectivity index (χ0n) is 12.6. The molecular formula is C17H22N2O3. The summed E-state index contributed by atoms with van der Waals surface area (Å²) < 4.78 is 11.2. The molecule has 1 saturated heterocycles. The first kappa shape index (κ1) is 14.2. The highest BCUT2D eigenvalue weighted by molar-refractivity contribution is 5.92. The van der Waals surface area contributed by atoms with E-state index in [0.29, 0.717) is 19.3 Å². The average molecular weight is 302 g/mol. The SMILES string of the molecule is O=C(Nc1ccc2c(c1)COC2)[C@H]1CC[C@H]2OCCN[C@@H]2C1. The summed E-state index contributed by atoms with van der Waals surface area (Å²) >= 11 is 0. The summed E-state index contributed by atoms with van der Waals surface area (Å²) in [7, 11) is 0. The minimum Gasteiger partial charge on any atom is -0.375 e. The molecule has 1 saturated carbocycles. The molecule has 0 aromatic heterocycles. The summed E-state index contributed by atoms with van der Waals surface area (Å²) in [5.41, 5.74) is 3.29. The second kappa shape index (κ2) is 5.99. The van der Waals surface area contributed by atoms with Gasteiger partial charge in [0.25, 0.3) is 0 Å². The molecule has 5 nitrogen and oxygen atoms in total. The standard InChI is InChI=1S/C17H22N2O3/c20-17(11-2-4-16-15(8-11)18-5-6-22-16)19-14-3-1-12-9-21-10-13(12)7-14/h1,3,7,11,15-16,18H,2,4-6,8-10H2,(H,19,20)/t11-,15+,16+/m0/s1. The van der Waals surface area contributed by atoms with Crippen LogP contribution >= 0.6 is 0 Å². The van der Waals surface area contributed by atoms with Crippen LogP contribution in [0.15, 0.2) is 18.2 Å². The molecule has 0 unspecified atom stereocenters. The van der Waals surface area contributed by atoms with Gasteiger partial charge in [-0.05, 0) is 42.5 Å². The molecular weight excluding hydrogens is 280 g/mol. The first-order valence-electron chi connectivity index (χ1n) is 8.15. The van der Waals surface area contributed by atoms with Gasteiger partial charge in [0.05, 0.1) is 25.9 Å². The van der Waals surface area contributed by atoms with E-state index in [-0.39, 0.29) is 17.9 Å². The van der Waals surface area contributed by atoms with E-state index in [1.807, 2.05) is 18.2 Å². The lowest BCUT2D eigenvalue weighted by Gasteiger charge is -2.39. The molecule has 2 aliphatic heterocycles. The minimum atomic E-state index is 0.0694. The van der Waals surface area contributed by atoms with Crippen molar-refractivity contribution >= 4 is 11.6 Å². The number of rotatable bonds is 2. The molecule has 1 aromatic rings. The van der Waals surface area contributed by atoms with Crippen molar-refractivity contribution in [1.29, 1.82) is 0 Å². The maximum atomic E-state index is 12.5. The number of morpholine rings is 1. The van der Waals surface area contributed by atoms with E-state index < -0.39 is 0 Å². The molecule has 3 aliphatic rings. The zero-order chi connectivity index (χ0) is 14.9. The maximum Gasteiger partial charge on any atom is 0.227 e. The normalized spacial score (nSPS) is 30.5. The van der Waals surface area contributed by atoms with E-state index in [4.69, 9.17) is 9.47 Å². The van der Waals surface area contributed by atoms with Crippen LogP contribution < -0.4 is 10.6 Å². The van der Waals surface area contributed by atoms with Crippen LogP contribution in [0.4, 0.5) is 5.69 Å². The van der Waals surface area contributed by atoms with Crippen LogP contribution in [0.25, 0.3) is 0 Å². The topological polar surface area (TPSA) is 59.6 Å². The van der Waals surface area contributed by atoms with Crippen LogP contribution in [0, 0.1) is 5.92 Å². The fourth-order valence-electron chi connectivity index (χ4n) is 3.74. The monoisotopic (exact) mass is 302 g/mol. The van der Waals surface area contributed by atoms with E-state index in [0.717, 1.165) is 38.1 Å². The molecule has 5 heteroatoms. The maximum absolute atomic E-state index is 12.5. The first-order valence-corrected chi connectivity index (χ1v) is 8.15. The van der Waals surface area contributed by atoms with E-state index in [1.54, 1.807) is 0 Å². The van der Waals surface area contributed by atoms with Gasteiger partial charge >= 0.3 is 0 Å². The lowest BCUT2D eigenvalue weighted by molar-refractivity contribution is -0.123. The molecule has 1 amide bonds. The second-order valence-electron chi connectivity index (χ2n) is 6.45. The van der Waals surface area contributed by atoms with Crippen LogP contribution in [0.5, 0.6) is 0 Å². The van der Waals surface area contributed by atoms with Crippen LogP contribution in [-0.4, -0.2) is 31.2 Å². The van der Waals surface area contributed by atoms with E-state index >= 15 is 0 Å². The van der Waals surface area contributed by atoms with Gasteiger partial charge in [-0.25, -0.2) is 0 Å². The van der Waals surface area contributed by atoms with E-state index in [9.17, 15) is 4.79 Å². The molecule has 2 heterocycles. The lowest BCUT2D eigenvalue weighted by Crippen LogP contribution is -2.52. The number of fused-ring (bicyclic) bond motifs is 2. The predicted molar refractivity (Wildman–Crippen MR) is 82.4 cm³/mol. The van der Waals surface area contributed by atoms with Gasteiger partial charge in [-0.2, -0.15) is 0 Å². The summed E-state index contributed by atoms with van der Waals surface area (Å²) in [6.45, 7) is 3.00. The largest absolute Gasteiger partial charge is 0.375 e. The number of anilines is 1. The Bertz CT molecular complexity index is 575. The molecule has 22 heavy (non-hydrogen) atoms. The van der Waals surface area contributed by atoms with Gasteiger partial charge in [0, 0.05) is 24.2 Å². The van der Waals surface area contributed by atoms with Crippen LogP contribution in [0.3, 0.4) is 0 Å². The van der Waals surface area contributed by atoms with Crippen LogP contribution in [0.1, 0.15) is 30.4 Å². The molecule has 1 aromatic carbocycles. The van der Waals surface area contributed by atoms with Gasteiger partial charge < -0.3 is 20.1 Å².